The van der Waals surface area contributed by atoms with Crippen molar-refractivity contribution in [1.29, 1.82) is 0 Å². The summed E-state index contributed by atoms with van der Waals surface area (Å²) >= 11 is 4.75. The zero-order valence-corrected chi connectivity index (χ0v) is 10.1. The Morgan fingerprint density at radius 1 is 1.27 bits per heavy atom. The summed E-state index contributed by atoms with van der Waals surface area (Å²) in [5.41, 5.74) is 6.86. The molecular weight excluding hydrogens is 274 g/mol. The average Bonchev–Trinajstić information content (AvgIpc) is 2.64. The Morgan fingerprint density at radius 3 is 2.67 bits per heavy atom. The van der Waals surface area contributed by atoms with Crippen LogP contribution in [0.1, 0.15) is 15.2 Å². The lowest BCUT2D eigenvalue weighted by Crippen LogP contribution is -1.99. The summed E-state index contributed by atoms with van der Waals surface area (Å²) < 4.78 is 0.953. The molecule has 2 N–H and O–H groups in total. The van der Waals surface area contributed by atoms with E-state index in [0.29, 0.717) is 16.1 Å². The van der Waals surface area contributed by atoms with Crippen LogP contribution in [0.4, 0.5) is 5.69 Å². The highest BCUT2D eigenvalue weighted by Gasteiger charge is 2.11. The predicted molar refractivity (Wildman–Crippen MR) is 66.3 cm³/mol. The molecule has 1 heterocycles. The number of hydrogen-bond donors (Lipinski definition) is 1. The largest absolute Gasteiger partial charge is 0.399 e. The second kappa shape index (κ2) is 4.16. The van der Waals surface area contributed by atoms with Crippen LogP contribution in [0.25, 0.3) is 0 Å². The molecule has 1 aromatic heterocycles. The van der Waals surface area contributed by atoms with E-state index in [1.165, 1.54) is 11.3 Å². The monoisotopic (exact) mass is 281 g/mol. The van der Waals surface area contributed by atoms with E-state index in [1.54, 1.807) is 30.3 Å². The van der Waals surface area contributed by atoms with Gasteiger partial charge in [0.05, 0.1) is 8.66 Å². The SMILES string of the molecule is Nc1cccc(C(=O)c2ccc(Br)s2)c1. The van der Waals surface area contributed by atoms with E-state index in [9.17, 15) is 4.79 Å². The third-order valence-corrected chi connectivity index (χ3v) is 3.57. The Labute approximate surface area is 99.9 Å². The molecule has 0 saturated carbocycles. The molecule has 2 aromatic rings. The van der Waals surface area contributed by atoms with Crippen molar-refractivity contribution in [1.82, 2.24) is 0 Å². The molecule has 0 bridgehead atoms. The lowest BCUT2D eigenvalue weighted by molar-refractivity contribution is 0.104. The number of nitrogens with two attached hydrogens (primary N) is 1. The van der Waals surface area contributed by atoms with Crippen LogP contribution < -0.4 is 5.73 Å². The number of thiophene rings is 1. The molecule has 2 nitrogen and oxygen atoms in total. The van der Waals surface area contributed by atoms with Gasteiger partial charge in [-0.1, -0.05) is 12.1 Å². The third kappa shape index (κ3) is 2.27. The second-order valence-electron chi connectivity index (χ2n) is 3.06. The highest BCUT2D eigenvalue weighted by Crippen LogP contribution is 2.24. The van der Waals surface area contributed by atoms with Gasteiger partial charge < -0.3 is 5.73 Å². The zero-order chi connectivity index (χ0) is 10.8. The number of benzene rings is 1. The number of rotatable bonds is 2. The van der Waals surface area contributed by atoms with E-state index < -0.39 is 0 Å². The van der Waals surface area contributed by atoms with Gasteiger partial charge in [0.2, 0.25) is 5.78 Å². The molecule has 0 aliphatic rings. The molecule has 0 spiro atoms. The van der Waals surface area contributed by atoms with Gasteiger partial charge in [0.15, 0.2) is 0 Å². The minimum absolute atomic E-state index is 0.0120. The summed E-state index contributed by atoms with van der Waals surface area (Å²) in [5, 5.41) is 0. The molecule has 0 aliphatic carbocycles. The van der Waals surface area contributed by atoms with Gasteiger partial charge in [0, 0.05) is 11.3 Å². The van der Waals surface area contributed by atoms with Crippen LogP contribution in [0.5, 0.6) is 0 Å². The minimum atomic E-state index is 0.0120. The number of anilines is 1. The zero-order valence-electron chi connectivity index (χ0n) is 7.74. The summed E-state index contributed by atoms with van der Waals surface area (Å²) in [4.78, 5) is 12.7. The Kier molecular flexibility index (Phi) is 2.88. The first-order valence-corrected chi connectivity index (χ1v) is 5.93. The van der Waals surface area contributed by atoms with Gasteiger partial charge in [0.1, 0.15) is 0 Å². The van der Waals surface area contributed by atoms with Gasteiger partial charge in [-0.05, 0) is 40.2 Å². The molecule has 0 unspecified atom stereocenters. The van der Waals surface area contributed by atoms with Gasteiger partial charge in [0.25, 0.3) is 0 Å². The molecule has 1 aromatic carbocycles. The maximum absolute atomic E-state index is 11.9. The van der Waals surface area contributed by atoms with Gasteiger partial charge in [-0.15, -0.1) is 11.3 Å². The summed E-state index contributed by atoms with van der Waals surface area (Å²) in [6.07, 6.45) is 0. The van der Waals surface area contributed by atoms with Crippen molar-refractivity contribution in [2.24, 2.45) is 0 Å². The highest BCUT2D eigenvalue weighted by molar-refractivity contribution is 9.11. The topological polar surface area (TPSA) is 43.1 Å². The molecule has 0 aliphatic heterocycles. The first kappa shape index (κ1) is 10.4. The molecule has 76 valence electrons. The van der Waals surface area contributed by atoms with Crippen molar-refractivity contribution < 1.29 is 4.79 Å². The smallest absolute Gasteiger partial charge is 0.203 e. The Morgan fingerprint density at radius 2 is 2.07 bits per heavy atom. The molecule has 15 heavy (non-hydrogen) atoms. The second-order valence-corrected chi connectivity index (χ2v) is 5.52. The van der Waals surface area contributed by atoms with Crippen molar-refractivity contribution >= 4 is 38.7 Å². The molecule has 0 atom stereocenters. The van der Waals surface area contributed by atoms with Crippen LogP contribution in [0, 0.1) is 0 Å². The van der Waals surface area contributed by atoms with Crippen molar-refractivity contribution in [2.45, 2.75) is 0 Å². The van der Waals surface area contributed by atoms with Gasteiger partial charge >= 0.3 is 0 Å². The fraction of sp³-hybridized carbons (Fsp3) is 0. The molecule has 4 heteroatoms. The quantitative estimate of drug-likeness (QED) is 0.678. The van der Waals surface area contributed by atoms with Crippen molar-refractivity contribution in [3.63, 3.8) is 0 Å². The van der Waals surface area contributed by atoms with Crippen molar-refractivity contribution in [3.8, 4) is 0 Å². The van der Waals surface area contributed by atoms with Crippen LogP contribution >= 0.6 is 27.3 Å². The summed E-state index contributed by atoms with van der Waals surface area (Å²) in [7, 11) is 0. The summed E-state index contributed by atoms with van der Waals surface area (Å²) in [6.45, 7) is 0. The number of carbonyl (C=O) groups is 1. The summed E-state index contributed by atoms with van der Waals surface area (Å²) in [5.74, 6) is 0.0120. The van der Waals surface area contributed by atoms with Crippen LogP contribution in [0.3, 0.4) is 0 Å². The first-order valence-electron chi connectivity index (χ1n) is 4.32. The Hall–Kier alpha value is -1.13. The fourth-order valence-electron chi connectivity index (χ4n) is 1.26. The average molecular weight is 282 g/mol. The number of ketones is 1. The van der Waals surface area contributed by atoms with Crippen LogP contribution in [0.2, 0.25) is 0 Å². The number of carbonyl (C=O) groups excluding carboxylic acids is 1. The molecule has 0 saturated heterocycles. The lowest BCUT2D eigenvalue weighted by atomic mass is 10.1. The third-order valence-electron chi connectivity index (χ3n) is 1.95. The minimum Gasteiger partial charge on any atom is -0.399 e. The molecule has 0 fully saturated rings. The van der Waals surface area contributed by atoms with Crippen LogP contribution in [-0.2, 0) is 0 Å². The predicted octanol–water partition coefficient (Wildman–Crippen LogP) is 3.32. The van der Waals surface area contributed by atoms with E-state index >= 15 is 0 Å². The maximum Gasteiger partial charge on any atom is 0.203 e. The Balaban J connectivity index is 2.36. The van der Waals surface area contributed by atoms with Crippen molar-refractivity contribution in [3.05, 3.63) is 50.6 Å². The lowest BCUT2D eigenvalue weighted by Gasteiger charge is -1.98. The molecule has 0 amide bonds. The standard InChI is InChI=1S/C11H8BrNOS/c12-10-5-4-9(15-10)11(14)7-2-1-3-8(13)6-7/h1-6H,13H2. The maximum atomic E-state index is 11.9. The summed E-state index contributed by atoms with van der Waals surface area (Å²) in [6, 6.07) is 10.7. The highest BCUT2D eigenvalue weighted by atomic mass is 79.9. The number of hydrogen-bond acceptors (Lipinski definition) is 3. The van der Waals surface area contributed by atoms with Gasteiger partial charge in [-0.3, -0.25) is 4.79 Å². The molecule has 0 radical (unpaired) electrons. The first-order chi connectivity index (χ1) is 7.16. The normalized spacial score (nSPS) is 10.2. The van der Waals surface area contributed by atoms with E-state index in [0.717, 1.165) is 3.79 Å². The van der Waals surface area contributed by atoms with Gasteiger partial charge in [-0.25, -0.2) is 0 Å². The van der Waals surface area contributed by atoms with E-state index in [4.69, 9.17) is 5.73 Å². The fourth-order valence-corrected chi connectivity index (χ4v) is 2.61. The van der Waals surface area contributed by atoms with Gasteiger partial charge in [-0.2, -0.15) is 0 Å². The van der Waals surface area contributed by atoms with E-state index in [2.05, 4.69) is 15.9 Å². The van der Waals surface area contributed by atoms with Crippen LogP contribution in [-0.4, -0.2) is 5.78 Å². The van der Waals surface area contributed by atoms with Crippen molar-refractivity contribution in [2.75, 3.05) is 5.73 Å². The van der Waals surface area contributed by atoms with Crippen LogP contribution in [0.15, 0.2) is 40.2 Å². The van der Waals surface area contributed by atoms with E-state index in [-0.39, 0.29) is 5.78 Å². The Bertz CT molecular complexity index is 507. The number of nitrogen functional groups attached to an aromatic ring is 1. The molecular formula is C11H8BrNOS. The molecule has 2 rings (SSSR count). The number of halogens is 1. The van der Waals surface area contributed by atoms with E-state index in [1.807, 2.05) is 6.07 Å².